The zero-order valence-electron chi connectivity index (χ0n) is 10.4. The van der Waals surface area contributed by atoms with Crippen molar-refractivity contribution in [3.63, 3.8) is 0 Å². The first-order valence-electron chi connectivity index (χ1n) is 5.48. The van der Waals surface area contributed by atoms with Crippen molar-refractivity contribution in [2.75, 3.05) is 6.54 Å². The molecule has 0 bridgehead atoms. The summed E-state index contributed by atoms with van der Waals surface area (Å²) < 4.78 is 1.80. The fraction of sp³-hybridized carbons (Fsp3) is 0.583. The number of nitrogens with one attached hydrogen (secondary N) is 1. The molecule has 0 aliphatic rings. The number of nitrogens with zero attached hydrogens (tertiary/aromatic N) is 1. The molecule has 4 nitrogen and oxygen atoms in total. The molecule has 1 aromatic heterocycles. The van der Waals surface area contributed by atoms with Crippen LogP contribution in [0.2, 0.25) is 0 Å². The van der Waals surface area contributed by atoms with Crippen molar-refractivity contribution in [2.45, 2.75) is 26.8 Å². The zero-order valence-corrected chi connectivity index (χ0v) is 10.4. The second kappa shape index (κ2) is 4.70. The quantitative estimate of drug-likeness (QED) is 0.807. The van der Waals surface area contributed by atoms with Crippen molar-refractivity contribution in [3.05, 3.63) is 24.0 Å². The molecule has 1 unspecified atom stereocenters. The number of aryl methyl sites for hydroxylation is 1. The first kappa shape index (κ1) is 12.8. The van der Waals surface area contributed by atoms with Gasteiger partial charge in [0.1, 0.15) is 5.69 Å². The third-order valence-electron chi connectivity index (χ3n) is 2.76. The van der Waals surface area contributed by atoms with E-state index in [0.29, 0.717) is 12.2 Å². The first-order valence-corrected chi connectivity index (χ1v) is 5.48. The van der Waals surface area contributed by atoms with E-state index < -0.39 is 0 Å². The van der Waals surface area contributed by atoms with Crippen molar-refractivity contribution in [1.82, 2.24) is 9.88 Å². The number of carbonyl (C=O) groups excluding carboxylic acids is 1. The fourth-order valence-electron chi connectivity index (χ4n) is 1.56. The molecular weight excluding hydrogens is 202 g/mol. The van der Waals surface area contributed by atoms with Gasteiger partial charge in [0.2, 0.25) is 0 Å². The summed E-state index contributed by atoms with van der Waals surface area (Å²) in [7, 11) is 1.85. The molecule has 0 fully saturated rings. The number of aromatic nitrogens is 1. The normalized spacial score (nSPS) is 13.6. The van der Waals surface area contributed by atoms with Crippen molar-refractivity contribution in [3.8, 4) is 0 Å². The number of nitrogens with two attached hydrogens (primary N) is 1. The first-order chi connectivity index (χ1) is 7.36. The maximum Gasteiger partial charge on any atom is 0.268 e. The summed E-state index contributed by atoms with van der Waals surface area (Å²) in [6.07, 6.45) is 1.85. The van der Waals surface area contributed by atoms with Crippen LogP contribution in [-0.2, 0) is 7.05 Å². The van der Waals surface area contributed by atoms with Gasteiger partial charge in [-0.3, -0.25) is 4.79 Å². The van der Waals surface area contributed by atoms with Gasteiger partial charge in [0.05, 0.1) is 0 Å². The number of hydrogen-bond donors (Lipinski definition) is 2. The highest BCUT2D eigenvalue weighted by atomic mass is 16.2. The molecule has 3 N–H and O–H groups in total. The van der Waals surface area contributed by atoms with Gasteiger partial charge in [-0.05, 0) is 17.5 Å². The van der Waals surface area contributed by atoms with E-state index in [9.17, 15) is 4.79 Å². The number of amides is 1. The molecule has 4 heteroatoms. The third-order valence-corrected chi connectivity index (χ3v) is 2.76. The Morgan fingerprint density at radius 2 is 2.19 bits per heavy atom. The average molecular weight is 223 g/mol. The molecule has 0 saturated heterocycles. The van der Waals surface area contributed by atoms with Gasteiger partial charge in [0.25, 0.3) is 5.91 Å². The molecule has 1 atom stereocenters. The molecule has 0 radical (unpaired) electrons. The number of hydrogen-bond acceptors (Lipinski definition) is 2. The molecule has 1 amide bonds. The predicted molar refractivity (Wildman–Crippen MR) is 65.2 cm³/mol. The molecule has 0 saturated carbocycles. The van der Waals surface area contributed by atoms with E-state index in [2.05, 4.69) is 26.1 Å². The molecule has 90 valence electrons. The van der Waals surface area contributed by atoms with Gasteiger partial charge in [0.15, 0.2) is 0 Å². The minimum absolute atomic E-state index is 0.0186. The topological polar surface area (TPSA) is 60.0 Å². The van der Waals surface area contributed by atoms with Crippen molar-refractivity contribution in [1.29, 1.82) is 0 Å². The van der Waals surface area contributed by atoms with Gasteiger partial charge in [-0.15, -0.1) is 0 Å². The van der Waals surface area contributed by atoms with Crippen LogP contribution in [0.3, 0.4) is 0 Å². The van der Waals surface area contributed by atoms with E-state index >= 15 is 0 Å². The summed E-state index contributed by atoms with van der Waals surface area (Å²) in [5, 5.41) is 2.97. The SMILES string of the molecule is Cn1cccc1C(=O)NC(CN)C(C)(C)C. The fourth-order valence-corrected chi connectivity index (χ4v) is 1.56. The highest BCUT2D eigenvalue weighted by Gasteiger charge is 2.25. The van der Waals surface area contributed by atoms with Crippen LogP contribution < -0.4 is 11.1 Å². The van der Waals surface area contributed by atoms with Gasteiger partial charge in [-0.1, -0.05) is 20.8 Å². The lowest BCUT2D eigenvalue weighted by molar-refractivity contribution is 0.0897. The Balaban J connectivity index is 2.74. The molecule has 0 aromatic carbocycles. The van der Waals surface area contributed by atoms with Gasteiger partial charge < -0.3 is 15.6 Å². The van der Waals surface area contributed by atoms with Crippen molar-refractivity contribution in [2.24, 2.45) is 18.2 Å². The minimum atomic E-state index is -0.0714. The molecule has 16 heavy (non-hydrogen) atoms. The molecule has 0 aliphatic heterocycles. The minimum Gasteiger partial charge on any atom is -0.347 e. The Morgan fingerprint density at radius 1 is 1.56 bits per heavy atom. The number of rotatable bonds is 3. The van der Waals surface area contributed by atoms with E-state index in [1.54, 1.807) is 10.6 Å². The van der Waals surface area contributed by atoms with Crippen LogP contribution in [-0.4, -0.2) is 23.1 Å². The standard InChI is InChI=1S/C12H21N3O/c1-12(2,3)10(8-13)14-11(16)9-6-5-7-15(9)4/h5-7,10H,8,13H2,1-4H3,(H,14,16). The summed E-state index contributed by atoms with van der Waals surface area (Å²) in [4.78, 5) is 12.0. The lowest BCUT2D eigenvalue weighted by atomic mass is 9.87. The largest absolute Gasteiger partial charge is 0.347 e. The Hall–Kier alpha value is -1.29. The monoisotopic (exact) mass is 223 g/mol. The lowest BCUT2D eigenvalue weighted by Crippen LogP contribution is -2.48. The van der Waals surface area contributed by atoms with E-state index in [-0.39, 0.29) is 17.4 Å². The molecular formula is C12H21N3O. The van der Waals surface area contributed by atoms with Gasteiger partial charge >= 0.3 is 0 Å². The second-order valence-corrected chi connectivity index (χ2v) is 5.13. The van der Waals surface area contributed by atoms with Crippen LogP contribution >= 0.6 is 0 Å². The Labute approximate surface area is 96.8 Å². The summed E-state index contributed by atoms with van der Waals surface area (Å²) in [5.74, 6) is -0.0714. The maximum atomic E-state index is 12.0. The van der Waals surface area contributed by atoms with E-state index in [1.165, 1.54) is 0 Å². The zero-order chi connectivity index (χ0) is 12.3. The van der Waals surface area contributed by atoms with E-state index in [4.69, 9.17) is 5.73 Å². The highest BCUT2D eigenvalue weighted by molar-refractivity contribution is 5.92. The Morgan fingerprint density at radius 3 is 2.56 bits per heavy atom. The van der Waals surface area contributed by atoms with Crippen LogP contribution in [0.5, 0.6) is 0 Å². The predicted octanol–water partition coefficient (Wildman–Crippen LogP) is 1.13. The van der Waals surface area contributed by atoms with Crippen LogP contribution in [0.15, 0.2) is 18.3 Å². The smallest absolute Gasteiger partial charge is 0.268 e. The lowest BCUT2D eigenvalue weighted by Gasteiger charge is -2.30. The van der Waals surface area contributed by atoms with Crippen molar-refractivity contribution >= 4 is 5.91 Å². The Bertz CT molecular complexity index is 363. The highest BCUT2D eigenvalue weighted by Crippen LogP contribution is 2.18. The molecule has 1 heterocycles. The molecule has 1 aromatic rings. The summed E-state index contributed by atoms with van der Waals surface area (Å²) in [6, 6.07) is 3.63. The van der Waals surface area contributed by atoms with Crippen LogP contribution in [0.25, 0.3) is 0 Å². The van der Waals surface area contributed by atoms with E-state index in [0.717, 1.165) is 0 Å². The van der Waals surface area contributed by atoms with Crippen LogP contribution in [0, 0.1) is 5.41 Å². The summed E-state index contributed by atoms with van der Waals surface area (Å²) in [6.45, 7) is 6.64. The summed E-state index contributed by atoms with van der Waals surface area (Å²) >= 11 is 0. The second-order valence-electron chi connectivity index (χ2n) is 5.13. The Kier molecular flexibility index (Phi) is 3.75. The molecule has 1 rings (SSSR count). The van der Waals surface area contributed by atoms with Crippen molar-refractivity contribution < 1.29 is 4.79 Å². The third kappa shape index (κ3) is 2.85. The van der Waals surface area contributed by atoms with Gasteiger partial charge in [-0.25, -0.2) is 0 Å². The number of carbonyl (C=O) groups is 1. The molecule has 0 spiro atoms. The van der Waals surface area contributed by atoms with Crippen LogP contribution in [0.1, 0.15) is 31.3 Å². The van der Waals surface area contributed by atoms with E-state index in [1.807, 2.05) is 19.3 Å². The summed E-state index contributed by atoms with van der Waals surface area (Å²) in [5.41, 5.74) is 6.30. The average Bonchev–Trinajstić information content (AvgIpc) is 2.58. The van der Waals surface area contributed by atoms with Gasteiger partial charge in [-0.2, -0.15) is 0 Å². The van der Waals surface area contributed by atoms with Crippen LogP contribution in [0.4, 0.5) is 0 Å². The molecule has 0 aliphatic carbocycles. The maximum absolute atomic E-state index is 12.0. The van der Waals surface area contributed by atoms with Gasteiger partial charge in [0, 0.05) is 25.8 Å².